The Kier molecular flexibility index (Phi) is 6.01. The second-order valence-electron chi connectivity index (χ2n) is 10.2. The van der Waals surface area contributed by atoms with Gasteiger partial charge >= 0.3 is 5.97 Å². The minimum atomic E-state index is -0.333. The largest absolute Gasteiger partial charge is 0.465 e. The second kappa shape index (κ2) is 8.79. The fourth-order valence-corrected chi connectivity index (χ4v) is 8.30. The summed E-state index contributed by atoms with van der Waals surface area (Å²) in [6.07, 6.45) is 9.11. The van der Waals surface area contributed by atoms with Gasteiger partial charge < -0.3 is 15.4 Å². The highest BCUT2D eigenvalue weighted by Crippen LogP contribution is 2.61. The first-order chi connectivity index (χ1) is 15.4. The van der Waals surface area contributed by atoms with Gasteiger partial charge in [-0.05, 0) is 92.5 Å². The van der Waals surface area contributed by atoms with Crippen LogP contribution in [0.2, 0.25) is 0 Å². The van der Waals surface area contributed by atoms with Crippen molar-refractivity contribution in [3.8, 4) is 0 Å². The van der Waals surface area contributed by atoms with E-state index in [0.29, 0.717) is 22.1 Å². The number of esters is 1. The summed E-state index contributed by atoms with van der Waals surface area (Å²) in [5.74, 6) is 2.40. The van der Waals surface area contributed by atoms with E-state index >= 15 is 0 Å². The maximum atomic E-state index is 12.4. The molecule has 170 valence electrons. The molecule has 32 heavy (non-hydrogen) atoms. The molecule has 4 bridgehead atoms. The molecule has 6 rings (SSSR count). The quantitative estimate of drug-likeness (QED) is 0.401. The number of hydrogen-bond donors (Lipinski definition) is 2. The molecule has 4 aliphatic rings. The van der Waals surface area contributed by atoms with Crippen LogP contribution in [-0.2, 0) is 11.2 Å². The van der Waals surface area contributed by atoms with Gasteiger partial charge in [-0.2, -0.15) is 0 Å². The van der Waals surface area contributed by atoms with Crippen LogP contribution < -0.4 is 10.6 Å². The number of nitrogens with one attached hydrogen (secondary N) is 2. The Morgan fingerprint density at radius 3 is 2.38 bits per heavy atom. The Labute approximate surface area is 200 Å². The number of methoxy groups -OCH3 is 1. The molecule has 1 aromatic carbocycles. The fraction of sp³-hybridized carbons (Fsp3) is 0.538. The SMILES string of the molecule is COC(=O)c1cc(Cc2ccccc2)sc1NC(=S)NC(C)C12CC3CC(CC(C3)C1)C2. The minimum absolute atomic E-state index is 0.333. The summed E-state index contributed by atoms with van der Waals surface area (Å²) in [5.41, 5.74) is 2.14. The zero-order valence-electron chi connectivity index (χ0n) is 18.9. The maximum absolute atomic E-state index is 12.4. The zero-order valence-corrected chi connectivity index (χ0v) is 20.5. The predicted octanol–water partition coefficient (Wildman–Crippen LogP) is 6.02. The zero-order chi connectivity index (χ0) is 22.3. The molecule has 0 spiro atoms. The number of thiophene rings is 1. The van der Waals surface area contributed by atoms with Crippen molar-refractivity contribution in [2.45, 2.75) is 57.9 Å². The molecule has 1 unspecified atom stereocenters. The van der Waals surface area contributed by atoms with Gasteiger partial charge in [0, 0.05) is 17.3 Å². The molecule has 4 nitrogen and oxygen atoms in total. The predicted molar refractivity (Wildman–Crippen MR) is 134 cm³/mol. The number of hydrogen-bond acceptors (Lipinski definition) is 4. The topological polar surface area (TPSA) is 50.4 Å². The first kappa shape index (κ1) is 21.9. The van der Waals surface area contributed by atoms with E-state index in [1.54, 1.807) is 11.3 Å². The highest BCUT2D eigenvalue weighted by molar-refractivity contribution is 7.80. The minimum Gasteiger partial charge on any atom is -0.465 e. The molecule has 0 amide bonds. The molecular formula is C26H32N2O2S2. The molecule has 0 radical (unpaired) electrons. The number of rotatable bonds is 6. The Morgan fingerprint density at radius 2 is 1.78 bits per heavy atom. The van der Waals surface area contributed by atoms with Crippen LogP contribution in [0.1, 0.15) is 66.2 Å². The molecule has 0 aliphatic heterocycles. The van der Waals surface area contributed by atoms with Gasteiger partial charge in [-0.25, -0.2) is 4.79 Å². The Bertz CT molecular complexity index is 965. The molecular weight excluding hydrogens is 436 g/mol. The fourth-order valence-electron chi connectivity index (χ4n) is 6.88. The molecule has 2 N–H and O–H groups in total. The smallest absolute Gasteiger partial charge is 0.340 e. The van der Waals surface area contributed by atoms with Crippen LogP contribution in [0.5, 0.6) is 0 Å². The summed E-state index contributed by atoms with van der Waals surface area (Å²) in [6.45, 7) is 2.30. The van der Waals surface area contributed by atoms with Gasteiger partial charge in [0.15, 0.2) is 5.11 Å². The van der Waals surface area contributed by atoms with E-state index in [1.165, 1.54) is 51.2 Å². The molecule has 1 aromatic heterocycles. The van der Waals surface area contributed by atoms with Crippen LogP contribution in [0.4, 0.5) is 5.00 Å². The van der Waals surface area contributed by atoms with Crippen molar-refractivity contribution in [2.24, 2.45) is 23.2 Å². The summed E-state index contributed by atoms with van der Waals surface area (Å²) < 4.78 is 5.03. The lowest BCUT2D eigenvalue weighted by molar-refractivity contribution is -0.0671. The second-order valence-corrected chi connectivity index (χ2v) is 11.8. The van der Waals surface area contributed by atoms with E-state index in [2.05, 4.69) is 29.7 Å². The molecule has 1 heterocycles. The summed E-state index contributed by atoms with van der Waals surface area (Å²) in [5, 5.41) is 8.30. The first-order valence-corrected chi connectivity index (χ1v) is 13.0. The highest BCUT2D eigenvalue weighted by atomic mass is 32.1. The van der Waals surface area contributed by atoms with E-state index in [-0.39, 0.29) is 5.97 Å². The van der Waals surface area contributed by atoms with Crippen molar-refractivity contribution in [2.75, 3.05) is 12.4 Å². The summed E-state index contributed by atoms with van der Waals surface area (Å²) in [7, 11) is 1.42. The third kappa shape index (κ3) is 4.32. The van der Waals surface area contributed by atoms with Crippen molar-refractivity contribution >= 4 is 39.6 Å². The lowest BCUT2D eigenvalue weighted by atomic mass is 9.48. The van der Waals surface area contributed by atoms with Gasteiger partial charge in [-0.3, -0.25) is 0 Å². The lowest BCUT2D eigenvalue weighted by Crippen LogP contribution is -2.56. The Morgan fingerprint density at radius 1 is 1.16 bits per heavy atom. The van der Waals surface area contributed by atoms with Crippen LogP contribution in [0.15, 0.2) is 36.4 Å². The average Bonchev–Trinajstić information content (AvgIpc) is 3.14. The van der Waals surface area contributed by atoms with Gasteiger partial charge in [0.25, 0.3) is 0 Å². The lowest BCUT2D eigenvalue weighted by Gasteiger charge is -2.59. The van der Waals surface area contributed by atoms with E-state index in [9.17, 15) is 4.79 Å². The van der Waals surface area contributed by atoms with Crippen molar-refractivity contribution in [3.05, 3.63) is 52.4 Å². The third-order valence-corrected chi connectivity index (χ3v) is 9.26. The highest BCUT2D eigenvalue weighted by Gasteiger charge is 2.53. The van der Waals surface area contributed by atoms with Crippen molar-refractivity contribution in [1.82, 2.24) is 5.32 Å². The van der Waals surface area contributed by atoms with Crippen LogP contribution in [0.25, 0.3) is 0 Å². The van der Waals surface area contributed by atoms with Gasteiger partial charge in [0.1, 0.15) is 5.00 Å². The molecule has 4 saturated carbocycles. The maximum Gasteiger partial charge on any atom is 0.340 e. The molecule has 6 heteroatoms. The Balaban J connectivity index is 1.28. The van der Waals surface area contributed by atoms with Crippen LogP contribution in [0.3, 0.4) is 0 Å². The average molecular weight is 469 g/mol. The first-order valence-electron chi connectivity index (χ1n) is 11.8. The number of benzene rings is 1. The monoisotopic (exact) mass is 468 g/mol. The summed E-state index contributed by atoms with van der Waals surface area (Å²) in [4.78, 5) is 13.5. The van der Waals surface area contributed by atoms with Crippen molar-refractivity contribution < 1.29 is 9.53 Å². The van der Waals surface area contributed by atoms with E-state index < -0.39 is 0 Å². The molecule has 4 fully saturated rings. The van der Waals surface area contributed by atoms with Gasteiger partial charge in [0.05, 0.1) is 12.7 Å². The third-order valence-electron chi connectivity index (χ3n) is 7.99. The molecule has 0 saturated heterocycles. The van der Waals surface area contributed by atoms with Crippen molar-refractivity contribution in [1.29, 1.82) is 0 Å². The molecule has 1 atom stereocenters. The van der Waals surface area contributed by atoms with E-state index in [4.69, 9.17) is 17.0 Å². The van der Waals surface area contributed by atoms with Crippen molar-refractivity contribution in [3.63, 3.8) is 0 Å². The molecule has 2 aromatic rings. The van der Waals surface area contributed by atoms with Crippen LogP contribution in [-0.4, -0.2) is 24.2 Å². The normalized spacial score (nSPS) is 28.9. The standard InChI is InChI=1S/C26H32N2O2S2/c1-16(26-13-18-8-19(14-26)10-20(9-18)15-26)27-25(31)28-23-22(24(29)30-2)12-21(32-23)11-17-6-4-3-5-7-17/h3-7,12,16,18-20H,8-11,13-15H2,1-2H3,(H2,27,28,31). The number of carbonyl (C=O) groups excluding carboxylic acids is 1. The van der Waals surface area contributed by atoms with Crippen LogP contribution >= 0.6 is 23.6 Å². The summed E-state index contributed by atoms with van der Waals surface area (Å²) in [6, 6.07) is 12.5. The molecule has 4 aliphatic carbocycles. The summed E-state index contributed by atoms with van der Waals surface area (Å²) >= 11 is 7.29. The number of carbonyl (C=O) groups is 1. The van der Waals surface area contributed by atoms with Crippen LogP contribution in [0, 0.1) is 23.2 Å². The van der Waals surface area contributed by atoms with Gasteiger partial charge in [0.2, 0.25) is 0 Å². The number of ether oxygens (including phenoxy) is 1. The van der Waals surface area contributed by atoms with Gasteiger partial charge in [-0.1, -0.05) is 30.3 Å². The number of anilines is 1. The van der Waals surface area contributed by atoms with E-state index in [1.807, 2.05) is 24.3 Å². The Hall–Kier alpha value is -1.92. The number of thiocarbonyl (C=S) groups is 1. The van der Waals surface area contributed by atoms with Gasteiger partial charge in [-0.15, -0.1) is 11.3 Å². The van der Waals surface area contributed by atoms with E-state index in [0.717, 1.165) is 34.1 Å².